The molecule has 0 aliphatic carbocycles. The molecule has 16 heavy (non-hydrogen) atoms. The molecule has 0 radical (unpaired) electrons. The molecular weight excluding hydrogens is 234 g/mol. The van der Waals surface area contributed by atoms with Gasteiger partial charge in [0, 0.05) is 19.3 Å². The molecule has 0 N–H and O–H groups in total. The van der Waals surface area contributed by atoms with Gasteiger partial charge in [-0.3, -0.25) is 0 Å². The standard InChI is InChI=1S/C11H27NO2Si2/c1-6-13-16(14-7-2)11-9-8-10-12(16)15(3,4)5/h6-11H2,1-5H3. The Morgan fingerprint density at radius 1 is 1.06 bits per heavy atom. The summed E-state index contributed by atoms with van der Waals surface area (Å²) >= 11 is 0. The highest BCUT2D eigenvalue weighted by molar-refractivity contribution is 6.86. The maximum atomic E-state index is 6.13. The first-order valence-electron chi connectivity index (χ1n) is 6.52. The van der Waals surface area contributed by atoms with E-state index < -0.39 is 17.0 Å². The van der Waals surface area contributed by atoms with Gasteiger partial charge in [-0.15, -0.1) is 0 Å². The van der Waals surface area contributed by atoms with Crippen LogP contribution in [0.2, 0.25) is 25.7 Å². The Labute approximate surface area is 103 Å². The molecular formula is C11H27NO2Si2. The lowest BCUT2D eigenvalue weighted by atomic mass is 10.3. The van der Waals surface area contributed by atoms with Gasteiger partial charge in [-0.1, -0.05) is 19.6 Å². The zero-order valence-corrected chi connectivity index (χ0v) is 13.5. The van der Waals surface area contributed by atoms with Crippen LogP contribution in [0.1, 0.15) is 26.7 Å². The molecule has 0 aromatic rings. The molecule has 5 heteroatoms. The Kier molecular flexibility index (Phi) is 5.19. The lowest BCUT2D eigenvalue weighted by molar-refractivity contribution is 0.134. The van der Waals surface area contributed by atoms with Gasteiger partial charge in [0.15, 0.2) is 0 Å². The minimum atomic E-state index is -2.05. The van der Waals surface area contributed by atoms with Gasteiger partial charge in [-0.2, -0.15) is 0 Å². The van der Waals surface area contributed by atoms with Crippen molar-refractivity contribution in [2.45, 2.75) is 52.4 Å². The van der Waals surface area contributed by atoms with Gasteiger partial charge < -0.3 is 13.1 Å². The molecule has 0 unspecified atom stereocenters. The van der Waals surface area contributed by atoms with Crippen molar-refractivity contribution in [2.75, 3.05) is 19.8 Å². The van der Waals surface area contributed by atoms with Crippen molar-refractivity contribution in [1.82, 2.24) is 4.23 Å². The zero-order valence-electron chi connectivity index (χ0n) is 11.5. The molecule has 0 bridgehead atoms. The molecule has 0 atom stereocenters. The van der Waals surface area contributed by atoms with Crippen LogP contribution in [-0.2, 0) is 8.85 Å². The van der Waals surface area contributed by atoms with E-state index in [9.17, 15) is 0 Å². The van der Waals surface area contributed by atoms with Gasteiger partial charge in [-0.05, 0) is 33.2 Å². The fraction of sp³-hybridized carbons (Fsp3) is 1.00. The summed E-state index contributed by atoms with van der Waals surface area (Å²) in [6.07, 6.45) is 2.58. The second kappa shape index (κ2) is 5.77. The summed E-state index contributed by atoms with van der Waals surface area (Å²) in [7, 11) is -3.37. The van der Waals surface area contributed by atoms with Crippen LogP contribution >= 0.6 is 0 Å². The molecule has 96 valence electrons. The quantitative estimate of drug-likeness (QED) is 0.710. The van der Waals surface area contributed by atoms with Crippen molar-refractivity contribution in [1.29, 1.82) is 0 Å². The van der Waals surface area contributed by atoms with Gasteiger partial charge in [0.2, 0.25) is 0 Å². The van der Waals surface area contributed by atoms with Crippen LogP contribution in [0.4, 0.5) is 0 Å². The molecule has 0 aromatic carbocycles. The van der Waals surface area contributed by atoms with Crippen molar-refractivity contribution in [3.8, 4) is 0 Å². The maximum Gasteiger partial charge on any atom is 0.421 e. The molecule has 0 aromatic heterocycles. The van der Waals surface area contributed by atoms with E-state index in [0.29, 0.717) is 0 Å². The number of rotatable bonds is 5. The maximum absolute atomic E-state index is 6.13. The van der Waals surface area contributed by atoms with Crippen LogP contribution in [-0.4, -0.2) is 40.9 Å². The third kappa shape index (κ3) is 3.16. The second-order valence-corrected chi connectivity index (χ2v) is 13.7. The van der Waals surface area contributed by atoms with Gasteiger partial charge in [0.05, 0.1) is 0 Å². The zero-order chi connectivity index (χ0) is 12.2. The van der Waals surface area contributed by atoms with Crippen LogP contribution in [0.25, 0.3) is 0 Å². The highest BCUT2D eigenvalue weighted by atomic mass is 28.4. The van der Waals surface area contributed by atoms with Gasteiger partial charge >= 0.3 is 8.72 Å². The molecule has 3 nitrogen and oxygen atoms in total. The normalized spacial score (nSPS) is 22.3. The Morgan fingerprint density at radius 2 is 1.62 bits per heavy atom. The van der Waals surface area contributed by atoms with Crippen LogP contribution in [0.5, 0.6) is 0 Å². The summed E-state index contributed by atoms with van der Waals surface area (Å²) in [5.74, 6) is 0. The molecule has 1 heterocycles. The largest absolute Gasteiger partial charge is 0.421 e. The van der Waals surface area contributed by atoms with Gasteiger partial charge in [0.1, 0.15) is 8.24 Å². The summed E-state index contributed by atoms with van der Waals surface area (Å²) in [4.78, 5) is 0. The first-order chi connectivity index (χ1) is 7.46. The lowest BCUT2D eigenvalue weighted by Gasteiger charge is -2.48. The number of hydrogen-bond donors (Lipinski definition) is 0. The molecule has 1 saturated heterocycles. The topological polar surface area (TPSA) is 21.7 Å². The van der Waals surface area contributed by atoms with E-state index in [4.69, 9.17) is 8.85 Å². The fourth-order valence-corrected chi connectivity index (χ4v) is 11.3. The average Bonchev–Trinajstić information content (AvgIpc) is 2.17. The Bertz CT molecular complexity index is 207. The summed E-state index contributed by atoms with van der Waals surface area (Å²) in [5, 5.41) is 0. The Balaban J connectivity index is 2.90. The third-order valence-corrected chi connectivity index (χ3v) is 11.5. The van der Waals surface area contributed by atoms with E-state index in [0.717, 1.165) is 19.3 Å². The monoisotopic (exact) mass is 261 g/mol. The number of hydrogen-bond acceptors (Lipinski definition) is 3. The van der Waals surface area contributed by atoms with Crippen molar-refractivity contribution < 1.29 is 8.85 Å². The third-order valence-electron chi connectivity index (χ3n) is 3.09. The average molecular weight is 262 g/mol. The molecule has 0 spiro atoms. The van der Waals surface area contributed by atoms with E-state index in [2.05, 4.69) is 37.7 Å². The highest BCUT2D eigenvalue weighted by Crippen LogP contribution is 2.31. The smallest absolute Gasteiger partial charge is 0.383 e. The SMILES string of the molecule is CCO[Si]1(OCC)CCCCN1[Si](C)(C)C. The van der Waals surface area contributed by atoms with Crippen LogP contribution in [0, 0.1) is 0 Å². The van der Waals surface area contributed by atoms with E-state index in [1.807, 2.05) is 0 Å². The van der Waals surface area contributed by atoms with E-state index >= 15 is 0 Å². The molecule has 0 amide bonds. The van der Waals surface area contributed by atoms with Crippen LogP contribution < -0.4 is 0 Å². The predicted octanol–water partition coefficient (Wildman–Crippen LogP) is 2.93. The highest BCUT2D eigenvalue weighted by Gasteiger charge is 2.50. The Hall–Kier alpha value is 0.314. The molecule has 1 fully saturated rings. The van der Waals surface area contributed by atoms with Crippen molar-refractivity contribution in [3.63, 3.8) is 0 Å². The van der Waals surface area contributed by atoms with Gasteiger partial charge in [-0.25, -0.2) is 0 Å². The first kappa shape index (κ1) is 14.4. The summed E-state index contributed by atoms with van der Waals surface area (Å²) < 4.78 is 14.9. The molecule has 1 aliphatic heterocycles. The Morgan fingerprint density at radius 3 is 2.06 bits per heavy atom. The fourth-order valence-electron chi connectivity index (χ4n) is 2.56. The van der Waals surface area contributed by atoms with Crippen molar-refractivity contribution in [2.24, 2.45) is 0 Å². The van der Waals surface area contributed by atoms with Crippen molar-refractivity contribution in [3.05, 3.63) is 0 Å². The molecule has 1 rings (SSSR count). The lowest BCUT2D eigenvalue weighted by Crippen LogP contribution is -2.68. The summed E-state index contributed by atoms with van der Waals surface area (Å²) in [5.41, 5.74) is 0. The summed E-state index contributed by atoms with van der Waals surface area (Å²) in [6, 6.07) is 1.15. The molecule has 1 aliphatic rings. The minimum Gasteiger partial charge on any atom is -0.383 e. The van der Waals surface area contributed by atoms with E-state index in [1.165, 1.54) is 19.4 Å². The second-order valence-electron chi connectivity index (χ2n) is 5.36. The first-order valence-corrected chi connectivity index (χ1v) is 11.9. The van der Waals surface area contributed by atoms with Crippen molar-refractivity contribution >= 4 is 17.0 Å². The number of nitrogens with zero attached hydrogens (tertiary/aromatic N) is 1. The van der Waals surface area contributed by atoms with E-state index in [1.54, 1.807) is 0 Å². The summed E-state index contributed by atoms with van der Waals surface area (Å²) in [6.45, 7) is 14.1. The molecule has 0 saturated carbocycles. The van der Waals surface area contributed by atoms with Gasteiger partial charge in [0.25, 0.3) is 0 Å². The minimum absolute atomic E-state index is 0.785. The van der Waals surface area contributed by atoms with Crippen LogP contribution in [0.15, 0.2) is 0 Å². The predicted molar refractivity (Wildman–Crippen MR) is 73.1 cm³/mol. The van der Waals surface area contributed by atoms with E-state index in [-0.39, 0.29) is 0 Å². The van der Waals surface area contributed by atoms with Crippen LogP contribution in [0.3, 0.4) is 0 Å².